The second-order valence-electron chi connectivity index (χ2n) is 6.28. The molecule has 25 heavy (non-hydrogen) atoms. The molecule has 0 bridgehead atoms. The van der Waals surface area contributed by atoms with Crippen molar-refractivity contribution in [3.05, 3.63) is 47.1 Å². The minimum atomic E-state index is -0.947. The maximum atomic E-state index is 11.9. The van der Waals surface area contributed by atoms with E-state index in [1.54, 1.807) is 18.2 Å². The molecule has 0 spiro atoms. The minimum absolute atomic E-state index is 0.0312. The van der Waals surface area contributed by atoms with Crippen LogP contribution in [0.5, 0.6) is 0 Å². The minimum Gasteiger partial charge on any atom is -0.478 e. The number of aromatic nitrogens is 2. The Kier molecular flexibility index (Phi) is 5.42. The monoisotopic (exact) mass is 343 g/mol. The fraction of sp³-hybridized carbons (Fsp3) is 0.444. The molecule has 132 valence electrons. The first-order valence-corrected chi connectivity index (χ1v) is 8.53. The van der Waals surface area contributed by atoms with Crippen molar-refractivity contribution in [1.29, 1.82) is 0 Å². The van der Waals surface area contributed by atoms with Crippen molar-refractivity contribution in [2.75, 3.05) is 6.54 Å². The Morgan fingerprint density at radius 3 is 2.88 bits per heavy atom. The van der Waals surface area contributed by atoms with Crippen molar-refractivity contribution in [2.24, 2.45) is 0 Å². The van der Waals surface area contributed by atoms with Crippen LogP contribution in [0.3, 0.4) is 0 Å². The summed E-state index contributed by atoms with van der Waals surface area (Å²) in [6.07, 6.45) is 4.53. The lowest BCUT2D eigenvalue weighted by Gasteiger charge is -2.05. The first-order valence-electron chi connectivity index (χ1n) is 8.53. The smallest absolute Gasteiger partial charge is 0.335 e. The molecule has 3 rings (SSSR count). The Bertz CT molecular complexity index is 752. The third kappa shape index (κ3) is 5.14. The Morgan fingerprint density at radius 2 is 2.12 bits per heavy atom. The van der Waals surface area contributed by atoms with E-state index in [9.17, 15) is 9.59 Å². The van der Waals surface area contributed by atoms with Gasteiger partial charge in [0.05, 0.1) is 5.56 Å². The Morgan fingerprint density at radius 1 is 1.28 bits per heavy atom. The van der Waals surface area contributed by atoms with Gasteiger partial charge in [-0.25, -0.2) is 4.79 Å². The van der Waals surface area contributed by atoms with E-state index < -0.39 is 5.97 Å². The molecule has 1 aliphatic rings. The summed E-state index contributed by atoms with van der Waals surface area (Å²) in [6, 6.07) is 6.74. The number of carbonyl (C=O) groups excluding carboxylic acids is 1. The van der Waals surface area contributed by atoms with E-state index in [2.05, 4.69) is 15.5 Å². The van der Waals surface area contributed by atoms with Gasteiger partial charge in [-0.1, -0.05) is 17.3 Å². The Hall–Kier alpha value is -2.70. The highest BCUT2D eigenvalue weighted by molar-refractivity contribution is 5.87. The predicted molar refractivity (Wildman–Crippen MR) is 89.3 cm³/mol. The normalized spacial score (nSPS) is 13.6. The van der Waals surface area contributed by atoms with Crippen LogP contribution in [-0.2, 0) is 17.6 Å². The zero-order valence-corrected chi connectivity index (χ0v) is 13.9. The van der Waals surface area contributed by atoms with Gasteiger partial charge in [0.2, 0.25) is 11.8 Å². The van der Waals surface area contributed by atoms with Crippen LogP contribution in [0.2, 0.25) is 0 Å². The van der Waals surface area contributed by atoms with Crippen LogP contribution in [0.15, 0.2) is 28.8 Å². The molecule has 1 heterocycles. The number of nitrogens with one attached hydrogen (secondary N) is 1. The SMILES string of the molecule is O=C(CCCc1nc(C2CC2)no1)NCCc1cccc(C(=O)O)c1. The van der Waals surface area contributed by atoms with Gasteiger partial charge < -0.3 is 14.9 Å². The van der Waals surface area contributed by atoms with Gasteiger partial charge in [-0.2, -0.15) is 4.98 Å². The number of hydrogen-bond acceptors (Lipinski definition) is 5. The van der Waals surface area contributed by atoms with Crippen LogP contribution < -0.4 is 5.32 Å². The average molecular weight is 343 g/mol. The highest BCUT2D eigenvalue weighted by Crippen LogP contribution is 2.38. The number of carbonyl (C=O) groups is 2. The molecule has 2 N–H and O–H groups in total. The molecule has 0 unspecified atom stereocenters. The van der Waals surface area contributed by atoms with E-state index in [0.29, 0.717) is 44.0 Å². The van der Waals surface area contributed by atoms with E-state index >= 15 is 0 Å². The fourth-order valence-electron chi connectivity index (χ4n) is 2.57. The number of carboxylic acids is 1. The fourth-order valence-corrected chi connectivity index (χ4v) is 2.57. The number of amides is 1. The largest absolute Gasteiger partial charge is 0.478 e. The van der Waals surface area contributed by atoms with Crippen LogP contribution >= 0.6 is 0 Å². The van der Waals surface area contributed by atoms with E-state index in [-0.39, 0.29) is 11.5 Å². The lowest BCUT2D eigenvalue weighted by molar-refractivity contribution is -0.121. The summed E-state index contributed by atoms with van der Waals surface area (Å²) >= 11 is 0. The van der Waals surface area contributed by atoms with E-state index in [4.69, 9.17) is 9.63 Å². The van der Waals surface area contributed by atoms with E-state index in [0.717, 1.165) is 24.2 Å². The lowest BCUT2D eigenvalue weighted by Crippen LogP contribution is -2.25. The Labute approximate surface area is 145 Å². The first-order chi connectivity index (χ1) is 12.1. The van der Waals surface area contributed by atoms with Crippen LogP contribution in [0.1, 0.15) is 59.2 Å². The van der Waals surface area contributed by atoms with Gasteiger partial charge in [0.25, 0.3) is 0 Å². The molecule has 0 radical (unpaired) electrons. The molecule has 0 aliphatic heterocycles. The number of aromatic carboxylic acids is 1. The zero-order chi connectivity index (χ0) is 17.6. The molecule has 1 aliphatic carbocycles. The summed E-state index contributed by atoms with van der Waals surface area (Å²) in [7, 11) is 0. The molecule has 1 aromatic carbocycles. The van der Waals surface area contributed by atoms with Gasteiger partial charge in [-0.05, 0) is 43.4 Å². The lowest BCUT2D eigenvalue weighted by atomic mass is 10.1. The Balaban J connectivity index is 1.33. The zero-order valence-electron chi connectivity index (χ0n) is 13.9. The molecule has 7 heteroatoms. The number of nitrogens with zero attached hydrogens (tertiary/aromatic N) is 2. The second-order valence-corrected chi connectivity index (χ2v) is 6.28. The van der Waals surface area contributed by atoms with Crippen molar-refractivity contribution >= 4 is 11.9 Å². The van der Waals surface area contributed by atoms with Gasteiger partial charge >= 0.3 is 5.97 Å². The van der Waals surface area contributed by atoms with Gasteiger partial charge in [-0.15, -0.1) is 0 Å². The van der Waals surface area contributed by atoms with E-state index in [1.807, 2.05) is 6.07 Å². The highest BCUT2D eigenvalue weighted by Gasteiger charge is 2.28. The molecule has 1 saturated carbocycles. The third-order valence-corrected chi connectivity index (χ3v) is 4.13. The number of hydrogen-bond donors (Lipinski definition) is 2. The van der Waals surface area contributed by atoms with Crippen molar-refractivity contribution in [2.45, 2.75) is 44.4 Å². The van der Waals surface area contributed by atoms with Crippen molar-refractivity contribution < 1.29 is 19.2 Å². The predicted octanol–water partition coefficient (Wildman–Crippen LogP) is 2.33. The van der Waals surface area contributed by atoms with Crippen molar-refractivity contribution in [1.82, 2.24) is 15.5 Å². The summed E-state index contributed by atoms with van der Waals surface area (Å²) in [5.41, 5.74) is 1.15. The summed E-state index contributed by atoms with van der Waals surface area (Å²) < 4.78 is 5.18. The maximum absolute atomic E-state index is 11.9. The number of carboxylic acid groups (broad SMARTS) is 1. The first kappa shape index (κ1) is 17.1. The summed E-state index contributed by atoms with van der Waals surface area (Å²) in [4.78, 5) is 27.1. The molecule has 2 aromatic rings. The third-order valence-electron chi connectivity index (χ3n) is 4.13. The van der Waals surface area contributed by atoms with Gasteiger partial charge in [0.15, 0.2) is 5.82 Å². The molecule has 1 amide bonds. The van der Waals surface area contributed by atoms with Gasteiger partial charge in [0.1, 0.15) is 0 Å². The standard InChI is InChI=1S/C18H21N3O4/c22-15(5-2-6-16-20-17(21-25-16)13-7-8-13)19-10-9-12-3-1-4-14(11-12)18(23)24/h1,3-4,11,13H,2,5-10H2,(H,19,22)(H,23,24). The average Bonchev–Trinajstić information content (AvgIpc) is 3.34. The summed E-state index contributed by atoms with van der Waals surface area (Å²) in [6.45, 7) is 0.480. The van der Waals surface area contributed by atoms with Gasteiger partial charge in [0, 0.05) is 25.3 Å². The van der Waals surface area contributed by atoms with Crippen LogP contribution in [-0.4, -0.2) is 33.7 Å². The molecule has 1 aromatic heterocycles. The van der Waals surface area contributed by atoms with Crippen LogP contribution in [0.4, 0.5) is 0 Å². The van der Waals surface area contributed by atoms with E-state index in [1.165, 1.54) is 0 Å². The maximum Gasteiger partial charge on any atom is 0.335 e. The highest BCUT2D eigenvalue weighted by atomic mass is 16.5. The quantitative estimate of drug-likeness (QED) is 0.724. The number of benzene rings is 1. The molecular formula is C18H21N3O4. The number of rotatable bonds is 9. The van der Waals surface area contributed by atoms with Crippen LogP contribution in [0, 0.1) is 0 Å². The molecule has 7 nitrogen and oxygen atoms in total. The molecule has 0 atom stereocenters. The summed E-state index contributed by atoms with van der Waals surface area (Å²) in [5.74, 6) is 0.886. The van der Waals surface area contributed by atoms with Crippen molar-refractivity contribution in [3.8, 4) is 0 Å². The van der Waals surface area contributed by atoms with Crippen LogP contribution in [0.25, 0.3) is 0 Å². The van der Waals surface area contributed by atoms with Gasteiger partial charge in [-0.3, -0.25) is 4.79 Å². The molecule has 1 fully saturated rings. The topological polar surface area (TPSA) is 105 Å². The summed E-state index contributed by atoms with van der Waals surface area (Å²) in [5, 5.41) is 15.8. The molecule has 0 saturated heterocycles. The number of aryl methyl sites for hydroxylation is 1. The second kappa shape index (κ2) is 7.92. The van der Waals surface area contributed by atoms with Crippen molar-refractivity contribution in [3.63, 3.8) is 0 Å². The molecular weight excluding hydrogens is 322 g/mol.